The maximum atomic E-state index is 11.9. The van der Waals surface area contributed by atoms with Gasteiger partial charge in [-0.15, -0.1) is 14.5 Å². The third-order valence-electron chi connectivity index (χ3n) is 3.42. The number of hydrogen-bond donors (Lipinski definition) is 0. The predicted octanol–water partition coefficient (Wildman–Crippen LogP) is -0.585. The quantitative estimate of drug-likeness (QED) is 0.552. The van der Waals surface area contributed by atoms with E-state index in [9.17, 15) is 5.21 Å². The summed E-state index contributed by atoms with van der Waals surface area (Å²) in [7, 11) is 3.94. The van der Waals surface area contributed by atoms with Gasteiger partial charge < -0.3 is 9.94 Å². The molecule has 3 heterocycles. The second-order valence-corrected chi connectivity index (χ2v) is 5.01. The van der Waals surface area contributed by atoms with E-state index in [0.29, 0.717) is 23.7 Å². The van der Waals surface area contributed by atoms with Crippen LogP contribution < -0.4 is 4.85 Å². The van der Waals surface area contributed by atoms with Crippen LogP contribution in [0.5, 0.6) is 0 Å². The van der Waals surface area contributed by atoms with Crippen LogP contribution in [0.2, 0.25) is 0 Å². The van der Waals surface area contributed by atoms with Gasteiger partial charge in [-0.1, -0.05) is 0 Å². The second-order valence-electron chi connectivity index (χ2n) is 5.01. The van der Waals surface area contributed by atoms with Crippen molar-refractivity contribution >= 4 is 11.2 Å². The van der Waals surface area contributed by atoms with Crippen molar-refractivity contribution in [2.75, 3.05) is 40.4 Å². The van der Waals surface area contributed by atoms with E-state index in [1.165, 1.54) is 0 Å². The van der Waals surface area contributed by atoms with E-state index < -0.39 is 0 Å². The molecule has 1 unspecified atom stereocenters. The van der Waals surface area contributed by atoms with Gasteiger partial charge in [-0.3, -0.25) is 9.80 Å². The van der Waals surface area contributed by atoms with E-state index in [2.05, 4.69) is 15.1 Å². The van der Waals surface area contributed by atoms with Crippen molar-refractivity contribution in [1.29, 1.82) is 0 Å². The lowest BCUT2D eigenvalue weighted by Gasteiger charge is -2.35. The number of fused-ring (bicyclic) bond motifs is 1. The molecule has 3 rings (SSSR count). The predicted molar refractivity (Wildman–Crippen MR) is 71.6 cm³/mol. The van der Waals surface area contributed by atoms with Crippen LogP contribution in [0.3, 0.4) is 0 Å². The average Bonchev–Trinajstić information content (AvgIpc) is 2.78. The highest BCUT2D eigenvalue weighted by atomic mass is 16.5. The van der Waals surface area contributed by atoms with Crippen molar-refractivity contribution in [2.45, 2.75) is 6.29 Å². The van der Waals surface area contributed by atoms with Crippen LogP contribution in [-0.4, -0.2) is 65.1 Å². The van der Waals surface area contributed by atoms with Crippen LogP contribution in [0.4, 0.5) is 0 Å². The molecule has 1 atom stereocenters. The van der Waals surface area contributed by atoms with E-state index in [1.54, 1.807) is 10.9 Å². The molecular formula is C12H18N6O2. The summed E-state index contributed by atoms with van der Waals surface area (Å²) in [6, 6.07) is 3.67. The van der Waals surface area contributed by atoms with Gasteiger partial charge in [-0.05, 0) is 26.2 Å². The Labute approximate surface area is 116 Å². The lowest BCUT2D eigenvalue weighted by Crippen LogP contribution is -2.48. The van der Waals surface area contributed by atoms with Gasteiger partial charge >= 0.3 is 5.65 Å². The summed E-state index contributed by atoms with van der Waals surface area (Å²) < 4.78 is 7.11. The average molecular weight is 278 g/mol. The molecule has 0 spiro atoms. The van der Waals surface area contributed by atoms with Crippen molar-refractivity contribution in [2.24, 2.45) is 0 Å². The topological polar surface area (TPSA) is 73.4 Å². The van der Waals surface area contributed by atoms with Crippen LogP contribution in [0.15, 0.2) is 18.3 Å². The molecule has 1 aliphatic rings. The van der Waals surface area contributed by atoms with Crippen molar-refractivity contribution in [1.82, 2.24) is 24.7 Å². The normalized spacial score (nSPS) is 18.8. The van der Waals surface area contributed by atoms with Gasteiger partial charge in [0.05, 0.1) is 13.2 Å². The smallest absolute Gasteiger partial charge is 0.324 e. The number of aromatic nitrogens is 4. The summed E-state index contributed by atoms with van der Waals surface area (Å²) >= 11 is 0. The standard InChI is InChI=1S/C12H18N6O2/c1-15(2)12(16-6-8-20-9-7-16)17-10-4-3-5-13-11(10)18(19)14-17/h3-5,12H,6-9H2,1-2H3. The van der Waals surface area contributed by atoms with Gasteiger partial charge in [-0.25, -0.2) is 0 Å². The molecule has 2 aromatic heterocycles. The Bertz CT molecular complexity index is 593. The van der Waals surface area contributed by atoms with Crippen molar-refractivity contribution < 1.29 is 9.58 Å². The minimum absolute atomic E-state index is 0.124. The minimum atomic E-state index is -0.124. The first-order chi connectivity index (χ1) is 9.68. The fourth-order valence-electron chi connectivity index (χ4n) is 2.57. The van der Waals surface area contributed by atoms with Crippen LogP contribution in [-0.2, 0) is 4.74 Å². The van der Waals surface area contributed by atoms with Crippen LogP contribution in [0, 0.1) is 5.21 Å². The van der Waals surface area contributed by atoms with Gasteiger partial charge in [0.15, 0.2) is 0 Å². The minimum Gasteiger partial charge on any atom is -0.721 e. The van der Waals surface area contributed by atoms with Gasteiger partial charge in [0.1, 0.15) is 6.20 Å². The molecule has 0 bridgehead atoms. The Morgan fingerprint density at radius 2 is 2.15 bits per heavy atom. The highest BCUT2D eigenvalue weighted by molar-refractivity contribution is 5.66. The largest absolute Gasteiger partial charge is 0.721 e. The Hall–Kier alpha value is -1.77. The summed E-state index contributed by atoms with van der Waals surface area (Å²) in [5.74, 6) is 0. The molecule has 2 aromatic rings. The number of nitrogens with zero attached hydrogens (tertiary/aromatic N) is 6. The lowest BCUT2D eigenvalue weighted by molar-refractivity contribution is -0.649. The number of hydrogen-bond acceptors (Lipinski definition) is 6. The molecule has 20 heavy (non-hydrogen) atoms. The summed E-state index contributed by atoms with van der Waals surface area (Å²) in [4.78, 5) is 8.94. The highest BCUT2D eigenvalue weighted by Gasteiger charge is 2.31. The van der Waals surface area contributed by atoms with E-state index in [1.807, 2.05) is 31.1 Å². The molecule has 0 radical (unpaired) electrons. The third kappa shape index (κ3) is 2.21. The van der Waals surface area contributed by atoms with E-state index >= 15 is 0 Å². The first kappa shape index (κ1) is 13.2. The van der Waals surface area contributed by atoms with Gasteiger partial charge in [0.25, 0.3) is 0 Å². The number of pyridine rings is 1. The maximum Gasteiger partial charge on any atom is 0.324 e. The number of morpholine rings is 1. The summed E-state index contributed by atoms with van der Waals surface area (Å²) in [6.07, 6.45) is 1.48. The third-order valence-corrected chi connectivity index (χ3v) is 3.42. The highest BCUT2D eigenvalue weighted by Crippen LogP contribution is 2.20. The monoisotopic (exact) mass is 278 g/mol. The lowest BCUT2D eigenvalue weighted by atomic mass is 10.4. The molecule has 0 saturated carbocycles. The van der Waals surface area contributed by atoms with Crippen molar-refractivity contribution in [3.63, 3.8) is 0 Å². The number of rotatable bonds is 3. The molecule has 1 aliphatic heterocycles. The second kappa shape index (κ2) is 5.31. The molecule has 1 fully saturated rings. The SMILES string of the molecule is CN(C)C(N1CCOCC1)n1n[n+]([O-])c2ncccc21. The summed E-state index contributed by atoms with van der Waals surface area (Å²) in [5, 5.41) is 15.9. The molecule has 0 aromatic carbocycles. The maximum absolute atomic E-state index is 11.9. The first-order valence-corrected chi connectivity index (χ1v) is 6.60. The molecule has 0 aliphatic carbocycles. The fourth-order valence-corrected chi connectivity index (χ4v) is 2.57. The molecule has 108 valence electrons. The van der Waals surface area contributed by atoms with E-state index in [0.717, 1.165) is 18.6 Å². The van der Waals surface area contributed by atoms with Crippen molar-refractivity contribution in [3.8, 4) is 0 Å². The van der Waals surface area contributed by atoms with Gasteiger partial charge in [0, 0.05) is 18.3 Å². The van der Waals surface area contributed by atoms with Gasteiger partial charge in [0.2, 0.25) is 11.8 Å². The van der Waals surface area contributed by atoms with E-state index in [4.69, 9.17) is 4.74 Å². The zero-order valence-corrected chi connectivity index (χ0v) is 11.6. The number of ether oxygens (including phenoxy) is 1. The van der Waals surface area contributed by atoms with Gasteiger partial charge in [-0.2, -0.15) is 0 Å². The van der Waals surface area contributed by atoms with Crippen molar-refractivity contribution in [3.05, 3.63) is 23.5 Å². The Morgan fingerprint density at radius 1 is 1.40 bits per heavy atom. The summed E-state index contributed by atoms with van der Waals surface area (Å²) in [6.45, 7) is 3.00. The zero-order chi connectivity index (χ0) is 14.1. The molecule has 0 amide bonds. The Balaban J connectivity index is 2.05. The molecule has 0 N–H and O–H groups in total. The molecule has 1 saturated heterocycles. The first-order valence-electron chi connectivity index (χ1n) is 6.60. The molecular weight excluding hydrogens is 260 g/mol. The molecule has 8 heteroatoms. The van der Waals surface area contributed by atoms with Crippen LogP contribution >= 0.6 is 0 Å². The Morgan fingerprint density at radius 3 is 2.85 bits per heavy atom. The van der Waals surface area contributed by atoms with E-state index in [-0.39, 0.29) is 6.29 Å². The van der Waals surface area contributed by atoms with Crippen LogP contribution in [0.25, 0.3) is 11.2 Å². The summed E-state index contributed by atoms with van der Waals surface area (Å²) in [5.41, 5.74) is 1.07. The zero-order valence-electron chi connectivity index (χ0n) is 11.6. The molecule has 8 nitrogen and oxygen atoms in total. The van der Waals surface area contributed by atoms with Crippen LogP contribution in [0.1, 0.15) is 6.29 Å². The Kier molecular flexibility index (Phi) is 3.51. The fraction of sp³-hybridized carbons (Fsp3) is 0.583.